The van der Waals surface area contributed by atoms with Crippen LogP contribution in [0.3, 0.4) is 0 Å². The summed E-state index contributed by atoms with van der Waals surface area (Å²) in [5, 5.41) is 3.78. The van der Waals surface area contributed by atoms with Crippen molar-refractivity contribution in [1.82, 2.24) is 9.97 Å². The highest BCUT2D eigenvalue weighted by molar-refractivity contribution is 6.29. The van der Waals surface area contributed by atoms with Crippen molar-refractivity contribution in [1.29, 1.82) is 0 Å². The van der Waals surface area contributed by atoms with Gasteiger partial charge in [-0.05, 0) is 19.3 Å². The van der Waals surface area contributed by atoms with Crippen LogP contribution in [0, 0.1) is 0 Å². The summed E-state index contributed by atoms with van der Waals surface area (Å²) in [5.74, 6) is 1.42. The first-order chi connectivity index (χ1) is 7.28. The highest BCUT2D eigenvalue weighted by atomic mass is 35.5. The Hall–Kier alpha value is -0.870. The third kappa shape index (κ3) is 2.79. The molecule has 0 spiro atoms. The molecule has 1 saturated carbocycles. The summed E-state index contributed by atoms with van der Waals surface area (Å²) < 4.78 is 4.97. The van der Waals surface area contributed by atoms with Crippen molar-refractivity contribution in [2.75, 3.05) is 12.4 Å². The van der Waals surface area contributed by atoms with Gasteiger partial charge in [0.1, 0.15) is 17.6 Å². The molecule has 0 aromatic carbocycles. The number of aromatic nitrogens is 2. The summed E-state index contributed by atoms with van der Waals surface area (Å²) in [5.41, 5.74) is 0. The second-order valence-electron chi connectivity index (χ2n) is 3.70. The van der Waals surface area contributed by atoms with E-state index in [4.69, 9.17) is 16.3 Å². The molecule has 0 atom stereocenters. The van der Waals surface area contributed by atoms with Crippen LogP contribution in [0.25, 0.3) is 0 Å². The summed E-state index contributed by atoms with van der Waals surface area (Å²) in [4.78, 5) is 8.38. The molecule has 1 N–H and O–H groups in total. The molecular weight excluding hydrogens is 214 g/mol. The molecule has 1 heterocycles. The SMILES string of the molecule is COCc1nc(Cl)cc(NC2CCC2)n1. The number of halogens is 1. The van der Waals surface area contributed by atoms with Crippen molar-refractivity contribution in [2.24, 2.45) is 0 Å². The lowest BCUT2D eigenvalue weighted by atomic mass is 9.93. The fourth-order valence-corrected chi connectivity index (χ4v) is 1.69. The standard InChI is InChI=1S/C10H14ClN3O/c1-15-6-10-13-8(11)5-9(14-10)12-7-3-2-4-7/h5,7H,2-4,6H2,1H3,(H,12,13,14). The average Bonchev–Trinajstić information content (AvgIpc) is 2.11. The highest BCUT2D eigenvalue weighted by Crippen LogP contribution is 2.23. The number of hydrogen-bond acceptors (Lipinski definition) is 4. The van der Waals surface area contributed by atoms with Gasteiger partial charge in [-0.3, -0.25) is 0 Å². The van der Waals surface area contributed by atoms with E-state index >= 15 is 0 Å². The summed E-state index contributed by atoms with van der Waals surface area (Å²) in [6.07, 6.45) is 3.71. The average molecular weight is 228 g/mol. The van der Waals surface area contributed by atoms with Crippen LogP contribution in [-0.4, -0.2) is 23.1 Å². The van der Waals surface area contributed by atoms with E-state index in [0.717, 1.165) is 5.82 Å². The Morgan fingerprint density at radius 3 is 2.93 bits per heavy atom. The smallest absolute Gasteiger partial charge is 0.158 e. The quantitative estimate of drug-likeness (QED) is 0.802. The molecule has 82 valence electrons. The van der Waals surface area contributed by atoms with Crippen molar-refractivity contribution in [3.8, 4) is 0 Å². The van der Waals surface area contributed by atoms with Crippen molar-refractivity contribution < 1.29 is 4.74 Å². The fourth-order valence-electron chi connectivity index (χ4n) is 1.49. The van der Waals surface area contributed by atoms with E-state index in [1.165, 1.54) is 19.3 Å². The Labute approximate surface area is 94.0 Å². The first-order valence-electron chi connectivity index (χ1n) is 5.07. The van der Waals surface area contributed by atoms with E-state index in [2.05, 4.69) is 15.3 Å². The minimum absolute atomic E-state index is 0.389. The number of rotatable bonds is 4. The summed E-state index contributed by atoms with van der Waals surface area (Å²) in [6.45, 7) is 0.389. The lowest BCUT2D eigenvalue weighted by Gasteiger charge is -2.26. The third-order valence-corrected chi connectivity index (χ3v) is 2.67. The molecule has 0 saturated heterocycles. The van der Waals surface area contributed by atoms with E-state index in [1.54, 1.807) is 13.2 Å². The van der Waals surface area contributed by atoms with Crippen LogP contribution in [0.4, 0.5) is 5.82 Å². The first-order valence-corrected chi connectivity index (χ1v) is 5.44. The van der Waals surface area contributed by atoms with Gasteiger partial charge in [-0.25, -0.2) is 9.97 Å². The Morgan fingerprint density at radius 1 is 1.53 bits per heavy atom. The molecule has 0 bridgehead atoms. The monoisotopic (exact) mass is 227 g/mol. The Balaban J connectivity index is 2.07. The predicted octanol–water partition coefficient (Wildman–Crippen LogP) is 2.24. The van der Waals surface area contributed by atoms with Gasteiger partial charge in [-0.1, -0.05) is 11.6 Å². The molecule has 1 aliphatic carbocycles. The molecule has 0 radical (unpaired) electrons. The topological polar surface area (TPSA) is 47.0 Å². The maximum absolute atomic E-state index is 5.88. The van der Waals surface area contributed by atoms with Crippen LogP contribution in [-0.2, 0) is 11.3 Å². The minimum Gasteiger partial charge on any atom is -0.377 e. The molecule has 4 nitrogen and oxygen atoms in total. The van der Waals surface area contributed by atoms with E-state index < -0.39 is 0 Å². The Morgan fingerprint density at radius 2 is 2.33 bits per heavy atom. The predicted molar refractivity (Wildman–Crippen MR) is 59.0 cm³/mol. The number of ether oxygens (including phenoxy) is 1. The summed E-state index contributed by atoms with van der Waals surface area (Å²) in [6, 6.07) is 2.30. The van der Waals surface area contributed by atoms with Gasteiger partial charge in [-0.2, -0.15) is 0 Å². The molecule has 1 aromatic rings. The highest BCUT2D eigenvalue weighted by Gasteiger charge is 2.17. The van der Waals surface area contributed by atoms with E-state index in [1.807, 2.05) is 0 Å². The maximum atomic E-state index is 5.88. The number of nitrogens with one attached hydrogen (secondary N) is 1. The molecule has 1 aliphatic rings. The number of nitrogens with zero attached hydrogens (tertiary/aromatic N) is 2. The lowest BCUT2D eigenvalue weighted by molar-refractivity contribution is 0.178. The maximum Gasteiger partial charge on any atom is 0.158 e. The molecule has 5 heteroatoms. The Kier molecular flexibility index (Phi) is 3.38. The minimum atomic E-state index is 0.389. The molecule has 0 amide bonds. The van der Waals surface area contributed by atoms with Crippen LogP contribution in [0.2, 0.25) is 5.15 Å². The van der Waals surface area contributed by atoms with Gasteiger partial charge in [0.25, 0.3) is 0 Å². The van der Waals surface area contributed by atoms with Crippen molar-refractivity contribution in [2.45, 2.75) is 31.9 Å². The lowest BCUT2D eigenvalue weighted by Crippen LogP contribution is -2.27. The second-order valence-corrected chi connectivity index (χ2v) is 4.08. The van der Waals surface area contributed by atoms with Crippen LogP contribution >= 0.6 is 11.6 Å². The zero-order valence-corrected chi connectivity index (χ0v) is 9.42. The third-order valence-electron chi connectivity index (χ3n) is 2.47. The van der Waals surface area contributed by atoms with Gasteiger partial charge in [0.2, 0.25) is 0 Å². The zero-order chi connectivity index (χ0) is 10.7. The largest absolute Gasteiger partial charge is 0.377 e. The number of methoxy groups -OCH3 is 1. The van der Waals surface area contributed by atoms with E-state index in [0.29, 0.717) is 23.6 Å². The van der Waals surface area contributed by atoms with Crippen LogP contribution in [0.1, 0.15) is 25.1 Å². The zero-order valence-electron chi connectivity index (χ0n) is 8.66. The van der Waals surface area contributed by atoms with Gasteiger partial charge in [-0.15, -0.1) is 0 Å². The molecule has 1 aromatic heterocycles. The molecule has 15 heavy (non-hydrogen) atoms. The van der Waals surface area contributed by atoms with Gasteiger partial charge >= 0.3 is 0 Å². The van der Waals surface area contributed by atoms with Crippen molar-refractivity contribution >= 4 is 17.4 Å². The van der Waals surface area contributed by atoms with Crippen LogP contribution in [0.5, 0.6) is 0 Å². The van der Waals surface area contributed by atoms with Gasteiger partial charge < -0.3 is 10.1 Å². The second kappa shape index (κ2) is 4.77. The van der Waals surface area contributed by atoms with Crippen molar-refractivity contribution in [3.63, 3.8) is 0 Å². The summed E-state index contributed by atoms with van der Waals surface area (Å²) >= 11 is 5.88. The van der Waals surface area contributed by atoms with Crippen LogP contribution in [0.15, 0.2) is 6.07 Å². The van der Waals surface area contributed by atoms with E-state index in [-0.39, 0.29) is 0 Å². The Bertz CT molecular complexity index is 341. The molecule has 1 fully saturated rings. The fraction of sp³-hybridized carbons (Fsp3) is 0.600. The normalized spacial score (nSPS) is 16.1. The van der Waals surface area contributed by atoms with E-state index in [9.17, 15) is 0 Å². The van der Waals surface area contributed by atoms with Crippen LogP contribution < -0.4 is 5.32 Å². The number of hydrogen-bond donors (Lipinski definition) is 1. The molecule has 0 aliphatic heterocycles. The van der Waals surface area contributed by atoms with Gasteiger partial charge in [0, 0.05) is 19.2 Å². The van der Waals surface area contributed by atoms with Gasteiger partial charge in [0.15, 0.2) is 5.82 Å². The van der Waals surface area contributed by atoms with Gasteiger partial charge in [0.05, 0.1) is 0 Å². The number of anilines is 1. The summed E-state index contributed by atoms with van der Waals surface area (Å²) in [7, 11) is 1.61. The molecule has 0 unspecified atom stereocenters. The molecule has 2 rings (SSSR count). The molecular formula is C10H14ClN3O. The van der Waals surface area contributed by atoms with Crippen molar-refractivity contribution in [3.05, 3.63) is 17.0 Å². The first kappa shape index (κ1) is 10.6.